The summed E-state index contributed by atoms with van der Waals surface area (Å²) in [5.74, 6) is 0.0484. The summed E-state index contributed by atoms with van der Waals surface area (Å²) in [4.78, 5) is 37.9. The minimum atomic E-state index is -0.760. The molecule has 0 rings (SSSR count). The first kappa shape index (κ1) is 59.4. The van der Waals surface area contributed by atoms with Gasteiger partial charge in [-0.25, -0.2) is 0 Å². The maximum atomic E-state index is 12.8. The van der Waals surface area contributed by atoms with E-state index in [9.17, 15) is 14.4 Å². The molecule has 362 valence electrons. The Morgan fingerprint density at radius 1 is 0.328 bits per heavy atom. The third-order valence-electron chi connectivity index (χ3n) is 12.9. The number of ether oxygens (including phenoxy) is 3. The molecule has 0 aliphatic rings. The van der Waals surface area contributed by atoms with E-state index < -0.39 is 6.10 Å². The van der Waals surface area contributed by atoms with Crippen LogP contribution in [0.1, 0.15) is 310 Å². The van der Waals surface area contributed by atoms with E-state index in [1.165, 1.54) is 205 Å². The molecular formula is C55H106O6. The second kappa shape index (κ2) is 49.4. The lowest BCUT2D eigenvalue weighted by molar-refractivity contribution is -0.167. The topological polar surface area (TPSA) is 78.9 Å². The van der Waals surface area contributed by atoms with E-state index in [2.05, 4.69) is 27.7 Å². The second-order valence-corrected chi connectivity index (χ2v) is 19.1. The molecule has 0 aromatic rings. The third kappa shape index (κ3) is 47.7. The fraction of sp³-hybridized carbons (Fsp3) is 0.945. The number of hydrogen-bond donors (Lipinski definition) is 0. The van der Waals surface area contributed by atoms with Gasteiger partial charge in [0.25, 0.3) is 0 Å². The predicted molar refractivity (Wildman–Crippen MR) is 261 cm³/mol. The minimum Gasteiger partial charge on any atom is -0.462 e. The van der Waals surface area contributed by atoms with Gasteiger partial charge in [0.1, 0.15) is 13.2 Å². The molecule has 0 spiro atoms. The average Bonchev–Trinajstić information content (AvgIpc) is 3.26. The van der Waals surface area contributed by atoms with Crippen molar-refractivity contribution in [1.29, 1.82) is 0 Å². The summed E-state index contributed by atoms with van der Waals surface area (Å²) >= 11 is 0. The summed E-state index contributed by atoms with van der Waals surface area (Å²) in [5.41, 5.74) is 0. The van der Waals surface area contributed by atoms with Gasteiger partial charge < -0.3 is 14.2 Å². The molecule has 0 N–H and O–H groups in total. The van der Waals surface area contributed by atoms with E-state index in [1.54, 1.807) is 0 Å². The highest BCUT2D eigenvalue weighted by molar-refractivity contribution is 5.71. The number of esters is 3. The van der Waals surface area contributed by atoms with E-state index in [4.69, 9.17) is 14.2 Å². The Kier molecular flexibility index (Phi) is 48.1. The SMILES string of the molecule is CCCCCCCCCCCCCCCCCCCCC(=O)O[C@H](COC(=O)CCCCCCCCC)COC(=O)CCCCCCCCCCCCCCCCC(C)CC. The van der Waals surface area contributed by atoms with Crippen LogP contribution in [0.25, 0.3) is 0 Å². The van der Waals surface area contributed by atoms with Gasteiger partial charge in [0, 0.05) is 19.3 Å². The molecule has 6 heteroatoms. The molecule has 61 heavy (non-hydrogen) atoms. The monoisotopic (exact) mass is 863 g/mol. The molecule has 0 aliphatic carbocycles. The first-order valence-electron chi connectivity index (χ1n) is 27.4. The molecular weight excluding hydrogens is 757 g/mol. The maximum Gasteiger partial charge on any atom is 0.306 e. The van der Waals surface area contributed by atoms with Crippen LogP contribution in [0.3, 0.4) is 0 Å². The smallest absolute Gasteiger partial charge is 0.306 e. The van der Waals surface area contributed by atoms with Gasteiger partial charge in [0.2, 0.25) is 0 Å². The first-order valence-corrected chi connectivity index (χ1v) is 27.4. The molecule has 0 aliphatic heterocycles. The van der Waals surface area contributed by atoms with Crippen LogP contribution in [0.5, 0.6) is 0 Å². The van der Waals surface area contributed by atoms with E-state index >= 15 is 0 Å². The van der Waals surface area contributed by atoms with Crippen molar-refractivity contribution < 1.29 is 28.6 Å². The third-order valence-corrected chi connectivity index (χ3v) is 12.9. The largest absolute Gasteiger partial charge is 0.462 e. The van der Waals surface area contributed by atoms with E-state index in [0.29, 0.717) is 19.3 Å². The highest BCUT2D eigenvalue weighted by Crippen LogP contribution is 2.18. The Morgan fingerprint density at radius 2 is 0.574 bits per heavy atom. The Balaban J connectivity index is 4.16. The van der Waals surface area contributed by atoms with Crippen molar-refractivity contribution in [2.45, 2.75) is 316 Å². The summed E-state index contributed by atoms with van der Waals surface area (Å²) in [6.07, 6.45) is 52.4. The van der Waals surface area contributed by atoms with Gasteiger partial charge in [-0.15, -0.1) is 0 Å². The van der Waals surface area contributed by atoms with Crippen LogP contribution in [0.2, 0.25) is 0 Å². The molecule has 0 heterocycles. The van der Waals surface area contributed by atoms with Crippen LogP contribution >= 0.6 is 0 Å². The molecule has 0 saturated carbocycles. The quantitative estimate of drug-likeness (QED) is 0.0344. The van der Waals surface area contributed by atoms with Crippen molar-refractivity contribution in [3.8, 4) is 0 Å². The lowest BCUT2D eigenvalue weighted by atomic mass is 9.99. The van der Waals surface area contributed by atoms with Crippen LogP contribution < -0.4 is 0 Å². The van der Waals surface area contributed by atoms with Crippen molar-refractivity contribution in [3.05, 3.63) is 0 Å². The number of carbonyl (C=O) groups is 3. The van der Waals surface area contributed by atoms with Crippen molar-refractivity contribution in [1.82, 2.24) is 0 Å². The van der Waals surface area contributed by atoms with Crippen molar-refractivity contribution >= 4 is 17.9 Å². The number of hydrogen-bond acceptors (Lipinski definition) is 6. The summed E-state index contributed by atoms with van der Waals surface area (Å²) in [6, 6.07) is 0. The predicted octanol–water partition coefficient (Wildman–Crippen LogP) is 17.8. The molecule has 0 radical (unpaired) electrons. The van der Waals surface area contributed by atoms with Crippen LogP contribution in [-0.4, -0.2) is 37.2 Å². The zero-order valence-electron chi connectivity index (χ0n) is 41.6. The highest BCUT2D eigenvalue weighted by Gasteiger charge is 2.19. The van der Waals surface area contributed by atoms with E-state index in [-0.39, 0.29) is 31.1 Å². The Bertz CT molecular complexity index is 920. The number of rotatable bonds is 50. The molecule has 0 saturated heterocycles. The Morgan fingerprint density at radius 3 is 0.852 bits per heavy atom. The van der Waals surface area contributed by atoms with Crippen molar-refractivity contribution in [2.75, 3.05) is 13.2 Å². The van der Waals surface area contributed by atoms with Crippen LogP contribution in [0.15, 0.2) is 0 Å². The summed E-state index contributed by atoms with van der Waals surface area (Å²) < 4.78 is 16.8. The second-order valence-electron chi connectivity index (χ2n) is 19.1. The molecule has 1 unspecified atom stereocenters. The van der Waals surface area contributed by atoms with Gasteiger partial charge in [0.15, 0.2) is 6.10 Å². The van der Waals surface area contributed by atoms with Gasteiger partial charge in [-0.2, -0.15) is 0 Å². The van der Waals surface area contributed by atoms with E-state index in [0.717, 1.165) is 63.7 Å². The Labute approximate surface area is 380 Å². The summed E-state index contributed by atoms with van der Waals surface area (Å²) in [5, 5.41) is 0. The van der Waals surface area contributed by atoms with Gasteiger partial charge in [-0.3, -0.25) is 14.4 Å². The molecule has 0 bridgehead atoms. The molecule has 6 nitrogen and oxygen atoms in total. The van der Waals surface area contributed by atoms with Gasteiger partial charge in [-0.1, -0.05) is 272 Å². The molecule has 0 aromatic heterocycles. The van der Waals surface area contributed by atoms with Crippen molar-refractivity contribution in [3.63, 3.8) is 0 Å². The standard InChI is InChI=1S/C55H106O6/c1-5-8-10-12-14-15-16-17-18-19-20-21-26-29-32-36-40-44-48-55(58)61-52(49-59-53(56)46-42-38-33-13-11-9-6-2)50-60-54(57)47-43-39-35-31-28-25-23-22-24-27-30-34-37-41-45-51(4)7-3/h51-52H,5-50H2,1-4H3/t51?,52-/m1/s1. The highest BCUT2D eigenvalue weighted by atomic mass is 16.6. The van der Waals surface area contributed by atoms with Gasteiger partial charge >= 0.3 is 17.9 Å². The van der Waals surface area contributed by atoms with Crippen LogP contribution in [0, 0.1) is 5.92 Å². The van der Waals surface area contributed by atoms with Crippen molar-refractivity contribution in [2.24, 2.45) is 5.92 Å². The molecule has 0 aromatic carbocycles. The summed E-state index contributed by atoms with van der Waals surface area (Å²) in [7, 11) is 0. The Hall–Kier alpha value is -1.59. The van der Waals surface area contributed by atoms with Crippen LogP contribution in [-0.2, 0) is 28.6 Å². The maximum absolute atomic E-state index is 12.8. The number of unbranched alkanes of at least 4 members (excludes halogenated alkanes) is 36. The lowest BCUT2D eigenvalue weighted by Crippen LogP contribution is -2.30. The van der Waals surface area contributed by atoms with E-state index in [1.807, 2.05) is 0 Å². The molecule has 2 atom stereocenters. The number of carbonyl (C=O) groups excluding carboxylic acids is 3. The van der Waals surface area contributed by atoms with Crippen LogP contribution in [0.4, 0.5) is 0 Å². The summed E-state index contributed by atoms with van der Waals surface area (Å²) in [6.45, 7) is 9.05. The van der Waals surface area contributed by atoms with Gasteiger partial charge in [0.05, 0.1) is 0 Å². The normalized spacial score (nSPS) is 12.4. The molecule has 0 fully saturated rings. The molecule has 0 amide bonds. The average molecular weight is 863 g/mol. The fourth-order valence-electron chi connectivity index (χ4n) is 8.36. The zero-order valence-corrected chi connectivity index (χ0v) is 41.6. The minimum absolute atomic E-state index is 0.0629. The van der Waals surface area contributed by atoms with Gasteiger partial charge in [-0.05, 0) is 25.2 Å². The lowest BCUT2D eigenvalue weighted by Gasteiger charge is -2.18. The fourth-order valence-corrected chi connectivity index (χ4v) is 8.36. The zero-order chi connectivity index (χ0) is 44.5. The first-order chi connectivity index (χ1) is 29.9.